The maximum atomic E-state index is 11.1. The lowest BCUT2D eigenvalue weighted by Crippen LogP contribution is -2.40. The van der Waals surface area contributed by atoms with Crippen LogP contribution < -0.4 is 4.74 Å². The van der Waals surface area contributed by atoms with Crippen molar-refractivity contribution in [2.24, 2.45) is 5.41 Å². The highest BCUT2D eigenvalue weighted by molar-refractivity contribution is 5.62. The summed E-state index contributed by atoms with van der Waals surface area (Å²) < 4.78 is 10.7. The average Bonchev–Trinajstić information content (AvgIpc) is 2.29. The summed E-state index contributed by atoms with van der Waals surface area (Å²) >= 11 is 0. The van der Waals surface area contributed by atoms with Gasteiger partial charge in [0.1, 0.15) is 18.6 Å². The zero-order chi connectivity index (χ0) is 10.7. The first kappa shape index (κ1) is 10.2. The topological polar surface area (TPSA) is 35.5 Å². The van der Waals surface area contributed by atoms with E-state index >= 15 is 0 Å². The summed E-state index contributed by atoms with van der Waals surface area (Å²) in [5.41, 5.74) is 0.566. The molecule has 1 heterocycles. The Balaban J connectivity index is 2.26. The lowest BCUT2D eigenvalue weighted by molar-refractivity contribution is -0.122. The normalized spacial score (nSPS) is 24.1. The summed E-state index contributed by atoms with van der Waals surface area (Å²) in [5, 5.41) is 0. The minimum atomic E-state index is -0.511. The van der Waals surface area contributed by atoms with Gasteiger partial charge >= 0.3 is 0 Å². The standard InChI is InChI=1S/C12H14O3/c1-14-8-12(7-13)6-10-4-2-3-5-11(10)15-9-12/h2-5,7H,6,8-9H2,1H3. The van der Waals surface area contributed by atoms with E-state index in [1.54, 1.807) is 7.11 Å². The van der Waals surface area contributed by atoms with E-state index in [0.717, 1.165) is 17.6 Å². The van der Waals surface area contributed by atoms with Crippen molar-refractivity contribution in [3.05, 3.63) is 29.8 Å². The molecular weight excluding hydrogens is 192 g/mol. The van der Waals surface area contributed by atoms with E-state index < -0.39 is 5.41 Å². The number of hydrogen-bond acceptors (Lipinski definition) is 3. The fourth-order valence-corrected chi connectivity index (χ4v) is 1.93. The summed E-state index contributed by atoms with van der Waals surface area (Å²) in [6.45, 7) is 0.812. The van der Waals surface area contributed by atoms with Gasteiger partial charge in [0.05, 0.1) is 12.0 Å². The first-order valence-electron chi connectivity index (χ1n) is 4.96. The highest BCUT2D eigenvalue weighted by Gasteiger charge is 2.35. The van der Waals surface area contributed by atoms with Gasteiger partial charge in [-0.2, -0.15) is 0 Å². The van der Waals surface area contributed by atoms with Crippen molar-refractivity contribution in [1.29, 1.82) is 0 Å². The molecule has 1 aliphatic rings. The number of methoxy groups -OCH3 is 1. The number of rotatable bonds is 3. The molecule has 1 aliphatic heterocycles. The second kappa shape index (κ2) is 4.03. The van der Waals surface area contributed by atoms with Crippen molar-refractivity contribution in [3.8, 4) is 5.75 Å². The number of fused-ring (bicyclic) bond motifs is 1. The largest absolute Gasteiger partial charge is 0.492 e. The van der Waals surface area contributed by atoms with E-state index in [2.05, 4.69) is 0 Å². The van der Waals surface area contributed by atoms with Crippen LogP contribution in [0.25, 0.3) is 0 Å². The Kier molecular flexibility index (Phi) is 2.73. The smallest absolute Gasteiger partial charge is 0.132 e. The lowest BCUT2D eigenvalue weighted by Gasteiger charge is -2.32. The zero-order valence-electron chi connectivity index (χ0n) is 8.73. The number of ether oxygens (including phenoxy) is 2. The van der Waals surface area contributed by atoms with E-state index in [1.165, 1.54) is 0 Å². The minimum absolute atomic E-state index is 0.404. The van der Waals surface area contributed by atoms with Crippen LogP contribution in [0.3, 0.4) is 0 Å². The SMILES string of the molecule is COCC1(C=O)COc2ccccc2C1. The van der Waals surface area contributed by atoms with Crippen LogP contribution in [-0.4, -0.2) is 26.6 Å². The summed E-state index contributed by atoms with van der Waals surface area (Å²) in [6.07, 6.45) is 1.65. The highest BCUT2D eigenvalue weighted by atomic mass is 16.5. The molecule has 3 nitrogen and oxygen atoms in total. The molecule has 0 fully saturated rings. The monoisotopic (exact) mass is 206 g/mol. The summed E-state index contributed by atoms with van der Waals surface area (Å²) in [7, 11) is 1.60. The van der Waals surface area contributed by atoms with Gasteiger partial charge in [-0.05, 0) is 18.1 Å². The molecule has 0 spiro atoms. The van der Waals surface area contributed by atoms with E-state index in [1.807, 2.05) is 24.3 Å². The molecule has 1 aromatic rings. The third-order valence-corrected chi connectivity index (χ3v) is 2.71. The van der Waals surface area contributed by atoms with Gasteiger partial charge in [-0.1, -0.05) is 18.2 Å². The van der Waals surface area contributed by atoms with E-state index in [9.17, 15) is 4.79 Å². The molecule has 2 rings (SSSR count). The van der Waals surface area contributed by atoms with E-state index in [-0.39, 0.29) is 0 Å². The van der Waals surface area contributed by atoms with Crippen LogP contribution in [0.2, 0.25) is 0 Å². The second-order valence-corrected chi connectivity index (χ2v) is 3.99. The summed E-state index contributed by atoms with van der Waals surface area (Å²) in [4.78, 5) is 11.1. The third-order valence-electron chi connectivity index (χ3n) is 2.71. The molecule has 0 saturated carbocycles. The summed E-state index contributed by atoms with van der Waals surface area (Å²) in [5.74, 6) is 0.881. The Morgan fingerprint density at radius 1 is 1.53 bits per heavy atom. The Bertz CT molecular complexity index is 362. The molecule has 0 aliphatic carbocycles. The maximum Gasteiger partial charge on any atom is 0.132 e. The van der Waals surface area contributed by atoms with Gasteiger partial charge in [-0.25, -0.2) is 0 Å². The van der Waals surface area contributed by atoms with Gasteiger partial charge in [-0.15, -0.1) is 0 Å². The fourth-order valence-electron chi connectivity index (χ4n) is 1.93. The quantitative estimate of drug-likeness (QED) is 0.702. The fraction of sp³-hybridized carbons (Fsp3) is 0.417. The molecule has 0 aromatic heterocycles. The predicted octanol–water partition coefficient (Wildman–Crippen LogP) is 1.45. The molecule has 0 saturated heterocycles. The molecule has 3 heteroatoms. The van der Waals surface area contributed by atoms with Crippen LogP contribution in [0.4, 0.5) is 0 Å². The Hall–Kier alpha value is -1.35. The van der Waals surface area contributed by atoms with Gasteiger partial charge in [-0.3, -0.25) is 0 Å². The molecule has 0 radical (unpaired) electrons. The van der Waals surface area contributed by atoms with Crippen molar-refractivity contribution in [2.75, 3.05) is 20.3 Å². The maximum absolute atomic E-state index is 11.1. The number of carbonyl (C=O) groups is 1. The molecular formula is C12H14O3. The van der Waals surface area contributed by atoms with Gasteiger partial charge < -0.3 is 14.3 Å². The number of benzene rings is 1. The highest BCUT2D eigenvalue weighted by Crippen LogP contribution is 2.33. The van der Waals surface area contributed by atoms with Gasteiger partial charge in [0.25, 0.3) is 0 Å². The second-order valence-electron chi connectivity index (χ2n) is 3.99. The van der Waals surface area contributed by atoms with Crippen LogP contribution in [0.1, 0.15) is 5.56 Å². The van der Waals surface area contributed by atoms with Crippen molar-refractivity contribution >= 4 is 6.29 Å². The first-order valence-corrected chi connectivity index (χ1v) is 4.96. The van der Waals surface area contributed by atoms with Crippen LogP contribution >= 0.6 is 0 Å². The number of aldehydes is 1. The van der Waals surface area contributed by atoms with Gasteiger partial charge in [0.15, 0.2) is 0 Å². The zero-order valence-corrected chi connectivity index (χ0v) is 8.73. The Labute approximate surface area is 89.0 Å². The molecule has 0 amide bonds. The Morgan fingerprint density at radius 3 is 3.07 bits per heavy atom. The Morgan fingerprint density at radius 2 is 2.33 bits per heavy atom. The molecule has 1 atom stereocenters. The van der Waals surface area contributed by atoms with Crippen LogP contribution in [0.15, 0.2) is 24.3 Å². The number of carbonyl (C=O) groups excluding carboxylic acids is 1. The average molecular weight is 206 g/mol. The molecule has 1 unspecified atom stereocenters. The van der Waals surface area contributed by atoms with Gasteiger partial charge in [0.2, 0.25) is 0 Å². The number of hydrogen-bond donors (Lipinski definition) is 0. The van der Waals surface area contributed by atoms with Crippen molar-refractivity contribution in [2.45, 2.75) is 6.42 Å². The van der Waals surface area contributed by atoms with Crippen molar-refractivity contribution < 1.29 is 14.3 Å². The van der Waals surface area contributed by atoms with E-state index in [0.29, 0.717) is 19.6 Å². The van der Waals surface area contributed by atoms with E-state index in [4.69, 9.17) is 9.47 Å². The lowest BCUT2D eigenvalue weighted by atomic mass is 9.82. The molecule has 1 aromatic carbocycles. The van der Waals surface area contributed by atoms with Crippen LogP contribution in [0, 0.1) is 5.41 Å². The summed E-state index contributed by atoms with van der Waals surface area (Å²) in [6, 6.07) is 7.80. The van der Waals surface area contributed by atoms with Crippen molar-refractivity contribution in [1.82, 2.24) is 0 Å². The predicted molar refractivity (Wildman–Crippen MR) is 56.0 cm³/mol. The molecule has 0 bridgehead atoms. The third kappa shape index (κ3) is 1.88. The number of para-hydroxylation sites is 1. The van der Waals surface area contributed by atoms with Gasteiger partial charge in [0, 0.05) is 7.11 Å². The molecule has 0 N–H and O–H groups in total. The van der Waals surface area contributed by atoms with Crippen LogP contribution in [-0.2, 0) is 16.0 Å². The van der Waals surface area contributed by atoms with Crippen LogP contribution in [0.5, 0.6) is 5.75 Å². The molecule has 80 valence electrons. The molecule has 15 heavy (non-hydrogen) atoms. The first-order chi connectivity index (χ1) is 7.29. The minimum Gasteiger partial charge on any atom is -0.492 e. The van der Waals surface area contributed by atoms with Crippen molar-refractivity contribution in [3.63, 3.8) is 0 Å².